The maximum Gasteiger partial charge on any atom is 0.254 e. The number of hydrogen-bond acceptors (Lipinski definition) is 4. The molecular formula is C14H22N4O. The molecule has 5 heteroatoms. The fourth-order valence-corrected chi connectivity index (χ4v) is 2.29. The number of carbonyl (C=O) groups is 1. The molecule has 0 bridgehead atoms. The number of nitrogens with one attached hydrogen (secondary N) is 2. The van der Waals surface area contributed by atoms with Gasteiger partial charge in [-0.05, 0) is 19.3 Å². The lowest BCUT2D eigenvalue weighted by Gasteiger charge is -2.22. The molecule has 0 aromatic carbocycles. The SMILES string of the molecule is CCCNC(=O)c1cnc(NC2CCCCC2)nc1. The number of amides is 1. The molecule has 0 atom stereocenters. The molecule has 0 radical (unpaired) electrons. The molecule has 0 aliphatic heterocycles. The van der Waals surface area contributed by atoms with E-state index in [2.05, 4.69) is 20.6 Å². The third-order valence-electron chi connectivity index (χ3n) is 3.39. The fourth-order valence-electron chi connectivity index (χ4n) is 2.29. The predicted molar refractivity (Wildman–Crippen MR) is 75.2 cm³/mol. The highest BCUT2D eigenvalue weighted by molar-refractivity contribution is 5.93. The Bertz CT molecular complexity index is 398. The summed E-state index contributed by atoms with van der Waals surface area (Å²) in [4.78, 5) is 20.1. The van der Waals surface area contributed by atoms with Gasteiger partial charge in [-0.25, -0.2) is 9.97 Å². The van der Waals surface area contributed by atoms with Crippen molar-refractivity contribution in [1.29, 1.82) is 0 Å². The van der Waals surface area contributed by atoms with E-state index < -0.39 is 0 Å². The highest BCUT2D eigenvalue weighted by Crippen LogP contribution is 2.19. The summed E-state index contributed by atoms with van der Waals surface area (Å²) in [6.45, 7) is 2.70. The molecule has 1 aliphatic carbocycles. The molecule has 104 valence electrons. The quantitative estimate of drug-likeness (QED) is 0.855. The second-order valence-corrected chi connectivity index (χ2v) is 5.03. The molecule has 1 heterocycles. The normalized spacial score (nSPS) is 16.1. The smallest absolute Gasteiger partial charge is 0.254 e. The van der Waals surface area contributed by atoms with Crippen molar-refractivity contribution in [3.05, 3.63) is 18.0 Å². The standard InChI is InChI=1S/C14H22N4O/c1-2-8-15-13(19)11-9-16-14(17-10-11)18-12-6-4-3-5-7-12/h9-10,12H,2-8H2,1H3,(H,15,19)(H,16,17,18). The lowest BCUT2D eigenvalue weighted by molar-refractivity contribution is 0.0953. The summed E-state index contributed by atoms with van der Waals surface area (Å²) < 4.78 is 0. The van der Waals surface area contributed by atoms with Crippen molar-refractivity contribution in [3.8, 4) is 0 Å². The average molecular weight is 262 g/mol. The summed E-state index contributed by atoms with van der Waals surface area (Å²) >= 11 is 0. The van der Waals surface area contributed by atoms with Crippen LogP contribution in [0, 0.1) is 0 Å². The third-order valence-corrected chi connectivity index (χ3v) is 3.39. The second-order valence-electron chi connectivity index (χ2n) is 5.03. The van der Waals surface area contributed by atoms with Crippen LogP contribution in [0.5, 0.6) is 0 Å². The molecule has 19 heavy (non-hydrogen) atoms. The van der Waals surface area contributed by atoms with E-state index in [1.165, 1.54) is 32.1 Å². The van der Waals surface area contributed by atoms with Crippen molar-refractivity contribution in [2.24, 2.45) is 0 Å². The first-order valence-corrected chi connectivity index (χ1v) is 7.16. The number of rotatable bonds is 5. The summed E-state index contributed by atoms with van der Waals surface area (Å²) in [5, 5.41) is 6.15. The van der Waals surface area contributed by atoms with Gasteiger partial charge in [0.05, 0.1) is 5.56 Å². The molecule has 2 rings (SSSR count). The van der Waals surface area contributed by atoms with Crippen LogP contribution in [-0.4, -0.2) is 28.5 Å². The zero-order valence-electron chi connectivity index (χ0n) is 11.5. The maximum atomic E-state index is 11.7. The Labute approximate surface area is 114 Å². The van der Waals surface area contributed by atoms with Gasteiger partial charge in [-0.2, -0.15) is 0 Å². The van der Waals surface area contributed by atoms with Gasteiger partial charge in [0.1, 0.15) is 0 Å². The highest BCUT2D eigenvalue weighted by atomic mass is 16.1. The van der Waals surface area contributed by atoms with Crippen LogP contribution in [0.3, 0.4) is 0 Å². The van der Waals surface area contributed by atoms with Gasteiger partial charge >= 0.3 is 0 Å². The van der Waals surface area contributed by atoms with Crippen LogP contribution < -0.4 is 10.6 Å². The summed E-state index contributed by atoms with van der Waals surface area (Å²) in [5.74, 6) is 0.519. The zero-order valence-corrected chi connectivity index (χ0v) is 11.5. The van der Waals surface area contributed by atoms with Gasteiger partial charge in [0.25, 0.3) is 5.91 Å². The van der Waals surface area contributed by atoms with Gasteiger partial charge in [-0.15, -0.1) is 0 Å². The Morgan fingerprint density at radius 2 is 1.95 bits per heavy atom. The molecule has 1 aromatic heterocycles. The van der Waals surface area contributed by atoms with E-state index in [1.54, 1.807) is 12.4 Å². The summed E-state index contributed by atoms with van der Waals surface area (Å²) in [5.41, 5.74) is 0.516. The Morgan fingerprint density at radius 1 is 1.26 bits per heavy atom. The average Bonchev–Trinajstić information content (AvgIpc) is 2.46. The van der Waals surface area contributed by atoms with Crippen LogP contribution in [0.1, 0.15) is 55.8 Å². The van der Waals surface area contributed by atoms with Crippen LogP contribution in [0.25, 0.3) is 0 Å². The van der Waals surface area contributed by atoms with Crippen LogP contribution in [0.4, 0.5) is 5.95 Å². The molecule has 1 aliphatic rings. The highest BCUT2D eigenvalue weighted by Gasteiger charge is 2.14. The first-order chi connectivity index (χ1) is 9.29. The van der Waals surface area contributed by atoms with Crippen molar-refractivity contribution in [2.45, 2.75) is 51.5 Å². The molecule has 1 aromatic rings. The molecule has 1 saturated carbocycles. The number of nitrogens with zero attached hydrogens (tertiary/aromatic N) is 2. The number of anilines is 1. The van der Waals surface area contributed by atoms with E-state index in [1.807, 2.05) is 6.92 Å². The zero-order chi connectivity index (χ0) is 13.5. The van der Waals surface area contributed by atoms with E-state index in [-0.39, 0.29) is 5.91 Å². The Morgan fingerprint density at radius 3 is 2.58 bits per heavy atom. The third kappa shape index (κ3) is 4.19. The van der Waals surface area contributed by atoms with Gasteiger partial charge in [-0.1, -0.05) is 26.2 Å². The van der Waals surface area contributed by atoms with Crippen molar-refractivity contribution in [3.63, 3.8) is 0 Å². The topological polar surface area (TPSA) is 66.9 Å². The molecule has 1 fully saturated rings. The Balaban J connectivity index is 1.88. The largest absolute Gasteiger partial charge is 0.352 e. The summed E-state index contributed by atoms with van der Waals surface area (Å²) in [6.07, 6.45) is 10.3. The van der Waals surface area contributed by atoms with Crippen LogP contribution in [-0.2, 0) is 0 Å². The van der Waals surface area contributed by atoms with E-state index in [0.717, 1.165) is 6.42 Å². The molecule has 0 saturated heterocycles. The van der Waals surface area contributed by atoms with Crippen LogP contribution >= 0.6 is 0 Å². The van der Waals surface area contributed by atoms with E-state index in [9.17, 15) is 4.79 Å². The lowest BCUT2D eigenvalue weighted by Crippen LogP contribution is -2.25. The second kappa shape index (κ2) is 7.07. The number of carbonyl (C=O) groups excluding carboxylic acids is 1. The Hall–Kier alpha value is -1.65. The van der Waals surface area contributed by atoms with Gasteiger partial charge in [0.2, 0.25) is 5.95 Å². The van der Waals surface area contributed by atoms with Gasteiger partial charge < -0.3 is 10.6 Å². The predicted octanol–water partition coefficient (Wildman–Crippen LogP) is 2.36. The van der Waals surface area contributed by atoms with Crippen LogP contribution in [0.2, 0.25) is 0 Å². The first-order valence-electron chi connectivity index (χ1n) is 7.16. The molecule has 1 amide bonds. The number of aromatic nitrogens is 2. The minimum atomic E-state index is -0.105. The van der Waals surface area contributed by atoms with Gasteiger partial charge in [0, 0.05) is 25.0 Å². The van der Waals surface area contributed by atoms with Gasteiger partial charge in [0.15, 0.2) is 0 Å². The van der Waals surface area contributed by atoms with Crippen molar-refractivity contribution in [1.82, 2.24) is 15.3 Å². The molecule has 5 nitrogen and oxygen atoms in total. The van der Waals surface area contributed by atoms with E-state index in [0.29, 0.717) is 24.1 Å². The van der Waals surface area contributed by atoms with Gasteiger partial charge in [-0.3, -0.25) is 4.79 Å². The van der Waals surface area contributed by atoms with Crippen molar-refractivity contribution < 1.29 is 4.79 Å². The molecule has 2 N–H and O–H groups in total. The summed E-state index contributed by atoms with van der Waals surface area (Å²) in [6, 6.07) is 0.480. The first kappa shape index (κ1) is 13.8. The Kier molecular flexibility index (Phi) is 5.12. The van der Waals surface area contributed by atoms with Crippen molar-refractivity contribution >= 4 is 11.9 Å². The number of hydrogen-bond donors (Lipinski definition) is 2. The molecular weight excluding hydrogens is 240 g/mol. The fraction of sp³-hybridized carbons (Fsp3) is 0.643. The van der Waals surface area contributed by atoms with E-state index in [4.69, 9.17) is 0 Å². The summed E-state index contributed by atoms with van der Waals surface area (Å²) in [7, 11) is 0. The minimum absolute atomic E-state index is 0.105. The van der Waals surface area contributed by atoms with Crippen LogP contribution in [0.15, 0.2) is 12.4 Å². The minimum Gasteiger partial charge on any atom is -0.352 e. The monoisotopic (exact) mass is 262 g/mol. The molecule has 0 unspecified atom stereocenters. The van der Waals surface area contributed by atoms with Crippen molar-refractivity contribution in [2.75, 3.05) is 11.9 Å². The lowest BCUT2D eigenvalue weighted by atomic mass is 9.96. The molecule has 0 spiro atoms. The maximum absolute atomic E-state index is 11.7. The van der Waals surface area contributed by atoms with E-state index >= 15 is 0 Å².